The highest BCUT2D eigenvalue weighted by atomic mass is 16.5. The summed E-state index contributed by atoms with van der Waals surface area (Å²) in [6.45, 7) is 0.359. The monoisotopic (exact) mass is 210 g/mol. The van der Waals surface area contributed by atoms with E-state index in [-0.39, 0.29) is 24.4 Å². The number of hydrogen-bond donors (Lipinski definition) is 0. The second-order valence-corrected chi connectivity index (χ2v) is 3.22. The van der Waals surface area contributed by atoms with E-state index in [2.05, 4.69) is 5.10 Å². The van der Waals surface area contributed by atoms with E-state index in [9.17, 15) is 9.59 Å². The summed E-state index contributed by atoms with van der Waals surface area (Å²) >= 11 is 0. The Bertz CT molecular complexity index is 357. The Morgan fingerprint density at radius 2 is 2.27 bits per heavy atom. The van der Waals surface area contributed by atoms with E-state index in [0.29, 0.717) is 12.3 Å². The molecule has 0 atom stereocenters. The van der Waals surface area contributed by atoms with Crippen molar-refractivity contribution in [3.8, 4) is 0 Å². The molecule has 1 heterocycles. The van der Waals surface area contributed by atoms with Crippen LogP contribution in [0.4, 0.5) is 0 Å². The van der Waals surface area contributed by atoms with Crippen molar-refractivity contribution in [2.24, 2.45) is 7.05 Å². The molecule has 0 spiro atoms. The van der Waals surface area contributed by atoms with Crippen LogP contribution in [0.5, 0.6) is 0 Å². The quantitative estimate of drug-likeness (QED) is 0.509. The molecule has 0 aliphatic rings. The molecule has 5 nitrogen and oxygen atoms in total. The normalized spacial score (nSPS) is 10.3. The van der Waals surface area contributed by atoms with E-state index in [1.165, 1.54) is 18.0 Å². The van der Waals surface area contributed by atoms with Gasteiger partial charge in [-0.05, 0) is 6.07 Å². The standard InChI is InChI=1S/C10H14N2O3/c1-12-9(3-5-11-12)10(14)7-8(13)4-6-15-2/h3,5H,4,6-7H2,1-2H3. The minimum absolute atomic E-state index is 0.0805. The number of ether oxygens (including phenoxy) is 1. The van der Waals surface area contributed by atoms with Crippen LogP contribution < -0.4 is 0 Å². The van der Waals surface area contributed by atoms with E-state index < -0.39 is 0 Å². The van der Waals surface area contributed by atoms with E-state index in [0.717, 1.165) is 0 Å². The Labute approximate surface area is 88.0 Å². The van der Waals surface area contributed by atoms with Crippen LogP contribution in [-0.2, 0) is 16.6 Å². The first-order valence-electron chi connectivity index (χ1n) is 4.67. The zero-order chi connectivity index (χ0) is 11.3. The van der Waals surface area contributed by atoms with Gasteiger partial charge in [-0.3, -0.25) is 14.3 Å². The van der Waals surface area contributed by atoms with Crippen molar-refractivity contribution < 1.29 is 14.3 Å². The molecule has 1 aromatic heterocycles. The lowest BCUT2D eigenvalue weighted by Crippen LogP contribution is -2.13. The Hall–Kier alpha value is -1.49. The van der Waals surface area contributed by atoms with Crippen LogP contribution in [0.3, 0.4) is 0 Å². The molecule has 0 saturated heterocycles. The molecule has 0 N–H and O–H groups in total. The molecule has 0 fully saturated rings. The van der Waals surface area contributed by atoms with Crippen LogP contribution >= 0.6 is 0 Å². The number of aromatic nitrogens is 2. The van der Waals surface area contributed by atoms with Gasteiger partial charge in [-0.15, -0.1) is 0 Å². The number of methoxy groups -OCH3 is 1. The predicted molar refractivity (Wildman–Crippen MR) is 53.7 cm³/mol. The number of Topliss-reactive ketones (excluding diaryl/α,β-unsaturated/α-hetero) is 2. The first-order valence-corrected chi connectivity index (χ1v) is 4.67. The Morgan fingerprint density at radius 3 is 2.80 bits per heavy atom. The minimum atomic E-state index is -0.198. The van der Waals surface area contributed by atoms with Crippen LogP contribution in [0.1, 0.15) is 23.3 Å². The number of hydrogen-bond acceptors (Lipinski definition) is 4. The predicted octanol–water partition coefficient (Wildman–Crippen LogP) is 0.598. The van der Waals surface area contributed by atoms with Gasteiger partial charge in [0.15, 0.2) is 5.78 Å². The number of aryl methyl sites for hydroxylation is 1. The second-order valence-electron chi connectivity index (χ2n) is 3.22. The summed E-state index contributed by atoms with van der Waals surface area (Å²) in [7, 11) is 3.20. The average Bonchev–Trinajstić information content (AvgIpc) is 2.61. The summed E-state index contributed by atoms with van der Waals surface area (Å²) in [4.78, 5) is 22.9. The van der Waals surface area contributed by atoms with Crippen LogP contribution in [-0.4, -0.2) is 35.1 Å². The molecule has 0 bridgehead atoms. The molecule has 0 radical (unpaired) electrons. The summed E-state index contributed by atoms with van der Waals surface area (Å²) in [6, 6.07) is 1.60. The molecule has 5 heteroatoms. The molecular formula is C10H14N2O3. The van der Waals surface area contributed by atoms with Crippen molar-refractivity contribution in [1.29, 1.82) is 0 Å². The van der Waals surface area contributed by atoms with Crippen molar-refractivity contribution in [3.05, 3.63) is 18.0 Å². The Balaban J connectivity index is 2.49. The van der Waals surface area contributed by atoms with Crippen LogP contribution in [0, 0.1) is 0 Å². The van der Waals surface area contributed by atoms with E-state index in [4.69, 9.17) is 4.74 Å². The molecule has 1 rings (SSSR count). The molecule has 0 aliphatic carbocycles. The van der Waals surface area contributed by atoms with Gasteiger partial charge < -0.3 is 4.74 Å². The fraction of sp³-hybridized carbons (Fsp3) is 0.500. The summed E-state index contributed by atoms with van der Waals surface area (Å²) in [5.41, 5.74) is 0.459. The molecule has 82 valence electrons. The van der Waals surface area contributed by atoms with Crippen molar-refractivity contribution in [2.45, 2.75) is 12.8 Å². The van der Waals surface area contributed by atoms with Gasteiger partial charge in [0.1, 0.15) is 11.5 Å². The highest BCUT2D eigenvalue weighted by Gasteiger charge is 2.14. The van der Waals surface area contributed by atoms with Gasteiger partial charge in [0.2, 0.25) is 0 Å². The van der Waals surface area contributed by atoms with E-state index >= 15 is 0 Å². The number of carbonyl (C=O) groups excluding carboxylic acids is 2. The fourth-order valence-electron chi connectivity index (χ4n) is 1.22. The van der Waals surface area contributed by atoms with Gasteiger partial charge >= 0.3 is 0 Å². The van der Waals surface area contributed by atoms with Crippen LogP contribution in [0.25, 0.3) is 0 Å². The lowest BCUT2D eigenvalue weighted by Gasteiger charge is -2.00. The smallest absolute Gasteiger partial charge is 0.188 e. The number of rotatable bonds is 6. The van der Waals surface area contributed by atoms with Crippen molar-refractivity contribution in [3.63, 3.8) is 0 Å². The zero-order valence-electron chi connectivity index (χ0n) is 8.90. The summed E-state index contributed by atoms with van der Waals surface area (Å²) in [5, 5.41) is 3.87. The third kappa shape index (κ3) is 3.28. The molecular weight excluding hydrogens is 196 g/mol. The average molecular weight is 210 g/mol. The lowest BCUT2D eigenvalue weighted by molar-refractivity contribution is -0.119. The van der Waals surface area contributed by atoms with E-state index in [1.54, 1.807) is 13.1 Å². The van der Waals surface area contributed by atoms with Gasteiger partial charge in [0.25, 0.3) is 0 Å². The zero-order valence-corrected chi connectivity index (χ0v) is 8.90. The maximum Gasteiger partial charge on any atom is 0.188 e. The maximum atomic E-state index is 11.6. The van der Waals surface area contributed by atoms with Crippen molar-refractivity contribution >= 4 is 11.6 Å². The number of ketones is 2. The van der Waals surface area contributed by atoms with Gasteiger partial charge in [-0.1, -0.05) is 0 Å². The molecule has 15 heavy (non-hydrogen) atoms. The molecule has 0 unspecified atom stereocenters. The molecule has 0 saturated carbocycles. The minimum Gasteiger partial charge on any atom is -0.384 e. The largest absolute Gasteiger partial charge is 0.384 e. The topological polar surface area (TPSA) is 61.2 Å². The van der Waals surface area contributed by atoms with Gasteiger partial charge in [0, 0.05) is 26.8 Å². The number of nitrogens with zero attached hydrogens (tertiary/aromatic N) is 2. The first-order chi connectivity index (χ1) is 7.15. The van der Waals surface area contributed by atoms with Crippen LogP contribution in [0.15, 0.2) is 12.3 Å². The van der Waals surface area contributed by atoms with E-state index in [1.807, 2.05) is 0 Å². The Kier molecular flexibility index (Phi) is 4.17. The summed E-state index contributed by atoms with van der Waals surface area (Å²) in [6.07, 6.45) is 1.73. The van der Waals surface area contributed by atoms with Gasteiger partial charge in [-0.2, -0.15) is 5.10 Å². The third-order valence-electron chi connectivity index (χ3n) is 2.05. The third-order valence-corrected chi connectivity index (χ3v) is 2.05. The van der Waals surface area contributed by atoms with Gasteiger partial charge in [0.05, 0.1) is 13.0 Å². The fourth-order valence-corrected chi connectivity index (χ4v) is 1.22. The molecule has 0 aromatic carbocycles. The maximum absolute atomic E-state index is 11.6. The highest BCUT2D eigenvalue weighted by Crippen LogP contribution is 2.03. The number of carbonyl (C=O) groups is 2. The lowest BCUT2D eigenvalue weighted by atomic mass is 10.1. The summed E-state index contributed by atoms with van der Waals surface area (Å²) in [5.74, 6) is -0.306. The van der Waals surface area contributed by atoms with Crippen molar-refractivity contribution in [1.82, 2.24) is 9.78 Å². The van der Waals surface area contributed by atoms with Crippen LogP contribution in [0.2, 0.25) is 0 Å². The molecule has 0 aliphatic heterocycles. The van der Waals surface area contributed by atoms with Gasteiger partial charge in [-0.25, -0.2) is 0 Å². The summed E-state index contributed by atoms with van der Waals surface area (Å²) < 4.78 is 6.22. The molecule has 0 amide bonds. The van der Waals surface area contributed by atoms with Crippen molar-refractivity contribution in [2.75, 3.05) is 13.7 Å². The first kappa shape index (κ1) is 11.6. The molecule has 1 aromatic rings. The second kappa shape index (κ2) is 5.41. The highest BCUT2D eigenvalue weighted by molar-refractivity contribution is 6.07. The SMILES string of the molecule is COCCC(=O)CC(=O)c1ccnn1C. The Morgan fingerprint density at radius 1 is 1.53 bits per heavy atom.